The van der Waals surface area contributed by atoms with Gasteiger partial charge < -0.3 is 26.3 Å². The maximum absolute atomic E-state index is 13.3. The molecule has 1 unspecified atom stereocenters. The minimum atomic E-state index is -0.682. The molecule has 4 N–H and O–H groups in total. The second kappa shape index (κ2) is 13.8. The largest absolute Gasteiger partial charge is 0.354 e. The topological polar surface area (TPSA) is 156 Å². The average Bonchev–Trinajstić information content (AvgIpc) is 3.50. The summed E-state index contributed by atoms with van der Waals surface area (Å²) in [5, 5.41) is 25.3. The van der Waals surface area contributed by atoms with Gasteiger partial charge in [-0.2, -0.15) is 15.0 Å². The Labute approximate surface area is 268 Å². The predicted molar refractivity (Wildman–Crippen MR) is 177 cm³/mol. The number of hydrogen-bond acceptors (Lipinski definition) is 10. The number of aromatic nitrogens is 4. The van der Waals surface area contributed by atoms with Crippen LogP contribution in [0.3, 0.4) is 0 Å². The van der Waals surface area contributed by atoms with Crippen LogP contribution in [0.5, 0.6) is 0 Å². The lowest BCUT2D eigenvalue weighted by Crippen LogP contribution is -2.47. The van der Waals surface area contributed by atoms with E-state index in [2.05, 4.69) is 59.5 Å². The number of nitriles is 1. The van der Waals surface area contributed by atoms with Gasteiger partial charge in [-0.25, -0.2) is 15.0 Å². The van der Waals surface area contributed by atoms with Crippen molar-refractivity contribution in [1.29, 1.82) is 5.26 Å². The van der Waals surface area contributed by atoms with Gasteiger partial charge in [0.15, 0.2) is 11.5 Å². The summed E-state index contributed by atoms with van der Waals surface area (Å²) in [6.45, 7) is 9.34. The minimum Gasteiger partial charge on any atom is -0.354 e. The zero-order chi connectivity index (χ0) is 32.8. The summed E-state index contributed by atoms with van der Waals surface area (Å²) >= 11 is 0. The maximum atomic E-state index is 13.3. The average molecular weight is 622 g/mol. The number of likely N-dealkylation sites (N-methyl/N-ethyl adjacent to an activating group) is 1. The quantitative estimate of drug-likeness (QED) is 0.203. The number of hydrazine groups is 1. The monoisotopic (exact) mass is 621 g/mol. The molecule has 3 heterocycles. The van der Waals surface area contributed by atoms with Crippen molar-refractivity contribution in [3.8, 4) is 11.9 Å². The van der Waals surface area contributed by atoms with E-state index in [1.807, 2.05) is 45.0 Å². The Balaban J connectivity index is 1.40. The van der Waals surface area contributed by atoms with Crippen LogP contribution < -0.4 is 21.4 Å². The number of carbonyl (C=O) groups is 2. The number of piperazine rings is 1. The molecule has 2 aromatic carbocycles. The number of anilines is 4. The number of amides is 2. The van der Waals surface area contributed by atoms with Gasteiger partial charge in [-0.1, -0.05) is 25.1 Å². The molecule has 0 aliphatic carbocycles. The van der Waals surface area contributed by atoms with Gasteiger partial charge in [0, 0.05) is 62.3 Å². The van der Waals surface area contributed by atoms with E-state index in [1.165, 1.54) is 6.33 Å². The van der Waals surface area contributed by atoms with Crippen LogP contribution in [0.1, 0.15) is 52.2 Å². The fourth-order valence-corrected chi connectivity index (χ4v) is 5.02. The van der Waals surface area contributed by atoms with E-state index in [4.69, 9.17) is 0 Å². The molecule has 1 saturated heterocycles. The Morgan fingerprint density at radius 2 is 1.80 bits per heavy atom. The highest BCUT2D eigenvalue weighted by molar-refractivity contribution is 6.04. The highest BCUT2D eigenvalue weighted by Crippen LogP contribution is 2.29. The van der Waals surface area contributed by atoms with Gasteiger partial charge in [-0.15, -0.1) is 0 Å². The summed E-state index contributed by atoms with van der Waals surface area (Å²) in [6.07, 6.45) is 2.08. The molecular weight excluding hydrogens is 582 g/mol. The fourth-order valence-electron chi connectivity index (χ4n) is 5.02. The number of hydrogen-bond donors (Lipinski definition) is 4. The third kappa shape index (κ3) is 7.14. The molecule has 0 spiro atoms. The van der Waals surface area contributed by atoms with E-state index in [1.54, 1.807) is 42.1 Å². The summed E-state index contributed by atoms with van der Waals surface area (Å²) in [5.41, 5.74) is 6.30. The summed E-state index contributed by atoms with van der Waals surface area (Å²) in [6, 6.07) is 18.5. The van der Waals surface area contributed by atoms with Crippen molar-refractivity contribution in [3.63, 3.8) is 0 Å². The fraction of sp³-hybridized carbons (Fsp3) is 0.333. The van der Waals surface area contributed by atoms with E-state index < -0.39 is 5.41 Å². The zero-order valence-corrected chi connectivity index (χ0v) is 26.8. The molecule has 1 aliphatic heterocycles. The van der Waals surface area contributed by atoms with Crippen LogP contribution >= 0.6 is 0 Å². The van der Waals surface area contributed by atoms with Crippen molar-refractivity contribution in [2.24, 2.45) is 0 Å². The van der Waals surface area contributed by atoms with Crippen LogP contribution in [0.2, 0.25) is 0 Å². The number of benzene rings is 2. The van der Waals surface area contributed by atoms with Crippen LogP contribution in [0, 0.1) is 18.3 Å². The van der Waals surface area contributed by atoms with Gasteiger partial charge in [-0.05, 0) is 62.7 Å². The van der Waals surface area contributed by atoms with E-state index >= 15 is 0 Å². The van der Waals surface area contributed by atoms with Crippen molar-refractivity contribution in [1.82, 2.24) is 35.0 Å². The van der Waals surface area contributed by atoms with Crippen molar-refractivity contribution in [3.05, 3.63) is 83.3 Å². The first-order valence-electron chi connectivity index (χ1n) is 15.2. The van der Waals surface area contributed by atoms with E-state index in [0.717, 1.165) is 37.3 Å². The van der Waals surface area contributed by atoms with Gasteiger partial charge in [0.05, 0.1) is 11.5 Å². The highest BCUT2D eigenvalue weighted by atomic mass is 16.2. The Morgan fingerprint density at radius 1 is 1.02 bits per heavy atom. The first kappa shape index (κ1) is 32.1. The number of aryl methyl sites for hydroxylation is 1. The molecule has 13 nitrogen and oxygen atoms in total. The number of rotatable bonds is 10. The summed E-state index contributed by atoms with van der Waals surface area (Å²) < 4.78 is 1.55. The van der Waals surface area contributed by atoms with Crippen molar-refractivity contribution < 1.29 is 9.59 Å². The predicted octanol–water partition coefficient (Wildman–Crippen LogP) is 4.09. The van der Waals surface area contributed by atoms with Gasteiger partial charge in [-0.3, -0.25) is 9.59 Å². The van der Waals surface area contributed by atoms with Crippen molar-refractivity contribution in [2.75, 3.05) is 56.3 Å². The molecule has 1 fully saturated rings. The molecule has 0 radical (unpaired) electrons. The van der Waals surface area contributed by atoms with Crippen LogP contribution in [0.15, 0.2) is 60.9 Å². The third-order valence-corrected chi connectivity index (χ3v) is 8.29. The Kier molecular flexibility index (Phi) is 9.60. The molecule has 5 rings (SSSR count). The molecular formula is C33H39N11O2. The smallest absolute Gasteiger partial charge is 0.271 e. The summed E-state index contributed by atoms with van der Waals surface area (Å²) in [4.78, 5) is 36.9. The Bertz CT molecular complexity index is 1770. The van der Waals surface area contributed by atoms with Gasteiger partial charge in [0.2, 0.25) is 0 Å². The summed E-state index contributed by atoms with van der Waals surface area (Å²) in [7, 11) is 3.65. The molecule has 0 bridgehead atoms. The summed E-state index contributed by atoms with van der Waals surface area (Å²) in [5.74, 6) is 0.931. The lowest BCUT2D eigenvalue weighted by molar-refractivity contribution is 0.0956. The molecule has 4 aromatic rings. The van der Waals surface area contributed by atoms with Gasteiger partial charge >= 0.3 is 0 Å². The second-order valence-electron chi connectivity index (χ2n) is 11.6. The first-order valence-corrected chi connectivity index (χ1v) is 15.2. The van der Waals surface area contributed by atoms with Crippen molar-refractivity contribution >= 4 is 34.8 Å². The van der Waals surface area contributed by atoms with Crippen LogP contribution in [-0.2, 0) is 5.41 Å². The Hall–Kier alpha value is -5.32. The molecule has 1 aliphatic rings. The molecule has 2 aromatic heterocycles. The Morgan fingerprint density at radius 3 is 2.52 bits per heavy atom. The van der Waals surface area contributed by atoms with E-state index in [9.17, 15) is 14.9 Å². The lowest BCUT2D eigenvalue weighted by Gasteiger charge is -2.32. The molecule has 46 heavy (non-hydrogen) atoms. The van der Waals surface area contributed by atoms with Crippen LogP contribution in [0.25, 0.3) is 5.82 Å². The van der Waals surface area contributed by atoms with E-state index in [0.29, 0.717) is 40.8 Å². The molecule has 238 valence electrons. The number of nitrogens with zero attached hydrogens (tertiary/aromatic N) is 7. The molecule has 1 atom stereocenters. The minimum absolute atomic E-state index is 0.204. The number of carbonyl (C=O) groups excluding carboxylic acids is 2. The SMILES string of the molecule is CCC(C)(C#N)c1cccc(C(=O)Nc2ccc(C)c(Nc3cc(C(=O)NC)nn3-c3cc(NN4CCN(C)CC4)ncn3)c2)c1. The normalized spacial score (nSPS) is 15.0. The molecule has 0 saturated carbocycles. The number of nitrogens with one attached hydrogen (secondary N) is 4. The molecule has 2 amide bonds. The molecule has 13 heteroatoms. The highest BCUT2D eigenvalue weighted by Gasteiger charge is 2.25. The van der Waals surface area contributed by atoms with Crippen LogP contribution in [0.4, 0.5) is 23.0 Å². The van der Waals surface area contributed by atoms with Crippen molar-refractivity contribution in [2.45, 2.75) is 32.6 Å². The zero-order valence-electron chi connectivity index (χ0n) is 26.8. The first-order chi connectivity index (χ1) is 22.1. The second-order valence-corrected chi connectivity index (χ2v) is 11.6. The maximum Gasteiger partial charge on any atom is 0.271 e. The lowest BCUT2D eigenvalue weighted by atomic mass is 9.81. The van der Waals surface area contributed by atoms with Gasteiger partial charge in [0.1, 0.15) is 18.0 Å². The van der Waals surface area contributed by atoms with E-state index in [-0.39, 0.29) is 17.5 Å². The van der Waals surface area contributed by atoms with Gasteiger partial charge in [0.25, 0.3) is 11.8 Å². The van der Waals surface area contributed by atoms with Crippen LogP contribution in [-0.4, -0.2) is 81.7 Å². The third-order valence-electron chi connectivity index (χ3n) is 8.29. The standard InChI is InChI=1S/C33H39N11O2/c1-6-33(3,20-34)24-9-7-8-23(16-24)31(45)38-25-11-10-22(2)26(17-25)39-30-18-27(32(46)35-4)40-44(30)29-19-28(36-21-37-29)41-43-14-12-42(5)13-15-43/h7-11,16-19,21,39H,6,12-15H2,1-5H3,(H,35,46)(H,38,45)(H,36,37,41).